The number of ether oxygens (including phenoxy) is 1. The van der Waals surface area contributed by atoms with Crippen molar-refractivity contribution in [1.29, 1.82) is 0 Å². The Bertz CT molecular complexity index is 472. The zero-order chi connectivity index (χ0) is 14.4. The van der Waals surface area contributed by atoms with Crippen molar-refractivity contribution in [3.8, 4) is 0 Å². The van der Waals surface area contributed by atoms with Crippen molar-refractivity contribution in [1.82, 2.24) is 9.88 Å². The molecule has 0 radical (unpaired) electrons. The summed E-state index contributed by atoms with van der Waals surface area (Å²) in [6.07, 6.45) is 0.731. The van der Waals surface area contributed by atoms with E-state index < -0.39 is 18.1 Å². The second kappa shape index (κ2) is 6.89. The van der Waals surface area contributed by atoms with Crippen LogP contribution >= 0.6 is 11.3 Å². The molecule has 0 aliphatic rings. The highest BCUT2D eigenvalue weighted by Gasteiger charge is 2.27. The monoisotopic (exact) mass is 284 g/mol. The van der Waals surface area contributed by atoms with Crippen LogP contribution in [0.5, 0.6) is 0 Å². The predicted molar refractivity (Wildman–Crippen MR) is 71.0 cm³/mol. The quantitative estimate of drug-likeness (QED) is 0.809. The Morgan fingerprint density at radius 2 is 2.37 bits per heavy atom. The number of hydrogen-bond acceptors (Lipinski definition) is 5. The standard InChI is InChI=1S/C12H16N2O4S/c1-4-5-18-12(17)14(8(2)11(15)16)6-10-7-19-9(3)13-10/h4,7-8H,1,5-6H2,2-3H3,(H,15,16)/t8-/m1/s1. The van der Waals surface area contributed by atoms with Crippen molar-refractivity contribution in [3.05, 3.63) is 28.7 Å². The highest BCUT2D eigenvalue weighted by Crippen LogP contribution is 2.13. The maximum atomic E-state index is 11.8. The summed E-state index contributed by atoms with van der Waals surface area (Å²) in [5, 5.41) is 11.7. The molecule has 0 spiro atoms. The molecule has 1 amide bonds. The van der Waals surface area contributed by atoms with Gasteiger partial charge >= 0.3 is 12.1 Å². The summed E-state index contributed by atoms with van der Waals surface area (Å²) in [5.74, 6) is -1.09. The summed E-state index contributed by atoms with van der Waals surface area (Å²) >= 11 is 1.44. The lowest BCUT2D eigenvalue weighted by atomic mass is 10.3. The lowest BCUT2D eigenvalue weighted by Crippen LogP contribution is -2.43. The van der Waals surface area contributed by atoms with Crippen LogP contribution in [0.4, 0.5) is 4.79 Å². The van der Waals surface area contributed by atoms with E-state index in [1.807, 2.05) is 6.92 Å². The molecule has 0 saturated carbocycles. The maximum absolute atomic E-state index is 11.8. The highest BCUT2D eigenvalue weighted by atomic mass is 32.1. The number of rotatable bonds is 6. The van der Waals surface area contributed by atoms with Gasteiger partial charge in [-0.25, -0.2) is 14.6 Å². The molecule has 0 aromatic carbocycles. The van der Waals surface area contributed by atoms with Crippen molar-refractivity contribution in [3.63, 3.8) is 0 Å². The molecule has 1 aromatic rings. The molecule has 0 saturated heterocycles. The molecule has 0 fully saturated rings. The highest BCUT2D eigenvalue weighted by molar-refractivity contribution is 7.09. The normalized spacial score (nSPS) is 11.7. The number of carboxylic acid groups (broad SMARTS) is 1. The Kier molecular flexibility index (Phi) is 5.50. The van der Waals surface area contributed by atoms with Crippen LogP contribution in [0.3, 0.4) is 0 Å². The van der Waals surface area contributed by atoms with Crippen LogP contribution < -0.4 is 0 Å². The van der Waals surface area contributed by atoms with Crippen LogP contribution in [-0.2, 0) is 16.1 Å². The molecule has 1 aromatic heterocycles. The summed E-state index contributed by atoms with van der Waals surface area (Å²) in [5.41, 5.74) is 0.645. The average Bonchev–Trinajstić information content (AvgIpc) is 2.77. The Labute approximate surface area is 115 Å². The van der Waals surface area contributed by atoms with Gasteiger partial charge in [-0.1, -0.05) is 12.7 Å². The number of carboxylic acids is 1. The number of carbonyl (C=O) groups is 2. The first kappa shape index (κ1) is 15.2. The van der Waals surface area contributed by atoms with E-state index >= 15 is 0 Å². The molecule has 1 atom stereocenters. The van der Waals surface area contributed by atoms with Gasteiger partial charge in [-0.2, -0.15) is 0 Å². The lowest BCUT2D eigenvalue weighted by molar-refractivity contribution is -0.142. The molecule has 19 heavy (non-hydrogen) atoms. The number of amides is 1. The van der Waals surface area contributed by atoms with Gasteiger partial charge in [-0.05, 0) is 13.8 Å². The molecule has 0 unspecified atom stereocenters. The van der Waals surface area contributed by atoms with E-state index in [1.165, 1.54) is 24.3 Å². The largest absolute Gasteiger partial charge is 0.480 e. The second-order valence-corrected chi connectivity index (χ2v) is 4.93. The average molecular weight is 284 g/mol. The van der Waals surface area contributed by atoms with Crippen LogP contribution in [0.1, 0.15) is 17.6 Å². The number of aryl methyl sites for hydroxylation is 1. The lowest BCUT2D eigenvalue weighted by Gasteiger charge is -2.24. The fourth-order valence-corrected chi connectivity index (χ4v) is 1.97. The number of aliphatic carboxylic acids is 1. The molecular weight excluding hydrogens is 268 g/mol. The molecule has 7 heteroatoms. The van der Waals surface area contributed by atoms with E-state index in [0.717, 1.165) is 9.91 Å². The van der Waals surface area contributed by atoms with Gasteiger partial charge in [0.2, 0.25) is 0 Å². The summed E-state index contributed by atoms with van der Waals surface area (Å²) in [6.45, 7) is 6.85. The zero-order valence-corrected chi connectivity index (χ0v) is 11.6. The molecule has 1 N–H and O–H groups in total. The molecule has 1 heterocycles. The summed E-state index contributed by atoms with van der Waals surface area (Å²) < 4.78 is 4.88. The minimum absolute atomic E-state index is 0.0395. The van der Waals surface area contributed by atoms with E-state index in [0.29, 0.717) is 5.69 Å². The van der Waals surface area contributed by atoms with E-state index in [9.17, 15) is 9.59 Å². The van der Waals surface area contributed by atoms with Gasteiger partial charge in [-0.15, -0.1) is 11.3 Å². The molecule has 0 bridgehead atoms. The molecular formula is C12H16N2O4S. The number of hydrogen-bond donors (Lipinski definition) is 1. The fourth-order valence-electron chi connectivity index (χ4n) is 1.36. The Morgan fingerprint density at radius 3 is 2.84 bits per heavy atom. The minimum Gasteiger partial charge on any atom is -0.480 e. The number of thiazole rings is 1. The van der Waals surface area contributed by atoms with Gasteiger partial charge in [0.25, 0.3) is 0 Å². The SMILES string of the molecule is C=CCOC(=O)N(Cc1csc(C)n1)[C@H](C)C(=O)O. The number of nitrogens with zero attached hydrogens (tertiary/aromatic N) is 2. The maximum Gasteiger partial charge on any atom is 0.411 e. The second-order valence-electron chi connectivity index (χ2n) is 3.87. The van der Waals surface area contributed by atoms with E-state index in [1.54, 1.807) is 5.38 Å². The van der Waals surface area contributed by atoms with E-state index in [-0.39, 0.29) is 13.2 Å². The fraction of sp³-hybridized carbons (Fsp3) is 0.417. The third kappa shape index (κ3) is 4.36. The van der Waals surface area contributed by atoms with Gasteiger partial charge < -0.3 is 9.84 Å². The van der Waals surface area contributed by atoms with Crippen LogP contribution in [0.2, 0.25) is 0 Å². The minimum atomic E-state index is -1.09. The third-order valence-electron chi connectivity index (χ3n) is 2.38. The van der Waals surface area contributed by atoms with Gasteiger partial charge in [0.15, 0.2) is 0 Å². The first-order valence-electron chi connectivity index (χ1n) is 5.63. The third-order valence-corrected chi connectivity index (χ3v) is 3.21. The number of carbonyl (C=O) groups excluding carboxylic acids is 1. The van der Waals surface area contributed by atoms with Crippen molar-refractivity contribution in [2.75, 3.05) is 6.61 Å². The van der Waals surface area contributed by atoms with Gasteiger partial charge in [-0.3, -0.25) is 4.90 Å². The Morgan fingerprint density at radius 1 is 1.68 bits per heavy atom. The van der Waals surface area contributed by atoms with Gasteiger partial charge in [0.05, 0.1) is 17.2 Å². The summed E-state index contributed by atoms with van der Waals surface area (Å²) in [4.78, 5) is 28.2. The molecule has 0 aliphatic carbocycles. The van der Waals surface area contributed by atoms with Crippen LogP contribution in [0.15, 0.2) is 18.0 Å². The van der Waals surface area contributed by atoms with Crippen molar-refractivity contribution in [2.24, 2.45) is 0 Å². The topological polar surface area (TPSA) is 79.7 Å². The molecule has 0 aliphatic heterocycles. The van der Waals surface area contributed by atoms with Gasteiger partial charge in [0, 0.05) is 5.38 Å². The Hall–Kier alpha value is -1.89. The molecule has 6 nitrogen and oxygen atoms in total. The van der Waals surface area contributed by atoms with Crippen molar-refractivity contribution in [2.45, 2.75) is 26.4 Å². The first-order chi connectivity index (χ1) is 8.95. The van der Waals surface area contributed by atoms with Crippen molar-refractivity contribution < 1.29 is 19.4 Å². The number of aromatic nitrogens is 1. The zero-order valence-electron chi connectivity index (χ0n) is 10.8. The van der Waals surface area contributed by atoms with Crippen LogP contribution in [0.25, 0.3) is 0 Å². The Balaban J connectivity index is 2.82. The predicted octanol–water partition coefficient (Wildman–Crippen LogP) is 2.05. The van der Waals surface area contributed by atoms with E-state index in [4.69, 9.17) is 9.84 Å². The van der Waals surface area contributed by atoms with Crippen molar-refractivity contribution >= 4 is 23.4 Å². The smallest absolute Gasteiger partial charge is 0.411 e. The first-order valence-corrected chi connectivity index (χ1v) is 6.51. The van der Waals surface area contributed by atoms with Crippen LogP contribution in [-0.4, -0.2) is 39.7 Å². The van der Waals surface area contributed by atoms with Crippen LogP contribution in [0, 0.1) is 6.92 Å². The summed E-state index contributed by atoms with van der Waals surface area (Å²) in [7, 11) is 0. The summed E-state index contributed by atoms with van der Waals surface area (Å²) in [6, 6.07) is -0.987. The molecule has 104 valence electrons. The molecule has 1 rings (SSSR count). The van der Waals surface area contributed by atoms with E-state index in [2.05, 4.69) is 11.6 Å². The van der Waals surface area contributed by atoms with Gasteiger partial charge in [0.1, 0.15) is 12.6 Å².